The zero-order valence-corrected chi connectivity index (χ0v) is 13.8. The molecule has 0 aliphatic rings. The Morgan fingerprint density at radius 2 is 1.92 bits per heavy atom. The first-order chi connectivity index (χ1) is 12.0. The van der Waals surface area contributed by atoms with Gasteiger partial charge in [-0.1, -0.05) is 18.2 Å². The molecule has 0 amide bonds. The molecule has 1 heterocycles. The van der Waals surface area contributed by atoms with Crippen LogP contribution in [-0.4, -0.2) is 33.4 Å². The van der Waals surface area contributed by atoms with E-state index < -0.39 is 17.7 Å². The largest absolute Gasteiger partial charge is 0.387 e. The molecule has 0 saturated heterocycles. The number of halogens is 2. The Morgan fingerprint density at radius 1 is 1.16 bits per heavy atom. The summed E-state index contributed by atoms with van der Waals surface area (Å²) in [6.45, 7) is 0.706. The van der Waals surface area contributed by atoms with Crippen LogP contribution in [0.5, 0.6) is 0 Å². The number of hydrogen-bond donors (Lipinski definition) is 1. The van der Waals surface area contributed by atoms with Gasteiger partial charge in [-0.2, -0.15) is 5.10 Å². The molecule has 3 rings (SSSR count). The summed E-state index contributed by atoms with van der Waals surface area (Å²) in [5.41, 5.74) is 1.88. The van der Waals surface area contributed by atoms with Crippen molar-refractivity contribution in [2.75, 3.05) is 13.6 Å². The molecule has 1 N–H and O–H groups in total. The van der Waals surface area contributed by atoms with Crippen LogP contribution >= 0.6 is 0 Å². The summed E-state index contributed by atoms with van der Waals surface area (Å²) in [5, 5.41) is 14.5. The van der Waals surface area contributed by atoms with Gasteiger partial charge < -0.3 is 5.11 Å². The molecule has 4 nitrogen and oxygen atoms in total. The van der Waals surface area contributed by atoms with E-state index >= 15 is 0 Å². The minimum atomic E-state index is -1.11. The van der Waals surface area contributed by atoms with E-state index in [-0.39, 0.29) is 12.1 Å². The van der Waals surface area contributed by atoms with Crippen molar-refractivity contribution in [3.05, 3.63) is 83.7 Å². The Bertz CT molecular complexity index is 836. The minimum Gasteiger partial charge on any atom is -0.387 e. The van der Waals surface area contributed by atoms with Crippen molar-refractivity contribution in [1.29, 1.82) is 0 Å². The molecule has 1 unspecified atom stereocenters. The number of nitrogens with zero attached hydrogens (tertiary/aromatic N) is 3. The fraction of sp³-hybridized carbons (Fsp3) is 0.211. The first-order valence-electron chi connectivity index (χ1n) is 7.93. The zero-order valence-electron chi connectivity index (χ0n) is 13.8. The number of likely N-dealkylation sites (N-methyl/N-ethyl adjacent to an activating group) is 1. The quantitative estimate of drug-likeness (QED) is 0.746. The second-order valence-electron chi connectivity index (χ2n) is 6.01. The van der Waals surface area contributed by atoms with Crippen molar-refractivity contribution in [2.45, 2.75) is 12.6 Å². The zero-order chi connectivity index (χ0) is 17.8. The number of aliphatic hydroxyl groups is 1. The van der Waals surface area contributed by atoms with E-state index in [0.717, 1.165) is 29.4 Å². The van der Waals surface area contributed by atoms with Crippen LogP contribution in [-0.2, 0) is 6.54 Å². The molecule has 2 aromatic carbocycles. The van der Waals surface area contributed by atoms with Crippen LogP contribution in [0.15, 0.2) is 60.9 Å². The molecule has 0 aliphatic heterocycles. The molecule has 0 aliphatic carbocycles. The highest BCUT2D eigenvalue weighted by atomic mass is 19.1. The highest BCUT2D eigenvalue weighted by molar-refractivity contribution is 5.31. The van der Waals surface area contributed by atoms with Gasteiger partial charge in [0, 0.05) is 30.4 Å². The predicted octanol–water partition coefficient (Wildman–Crippen LogP) is 3.32. The van der Waals surface area contributed by atoms with E-state index in [9.17, 15) is 13.9 Å². The molecule has 3 aromatic rings. The molecule has 130 valence electrons. The summed E-state index contributed by atoms with van der Waals surface area (Å²) < 4.78 is 28.8. The summed E-state index contributed by atoms with van der Waals surface area (Å²) >= 11 is 0. The summed E-state index contributed by atoms with van der Waals surface area (Å²) in [6.07, 6.45) is 2.55. The minimum absolute atomic E-state index is 0.0353. The van der Waals surface area contributed by atoms with Gasteiger partial charge in [0.2, 0.25) is 0 Å². The van der Waals surface area contributed by atoms with Crippen molar-refractivity contribution in [3.8, 4) is 5.69 Å². The van der Waals surface area contributed by atoms with Crippen LogP contribution in [0, 0.1) is 11.6 Å². The fourth-order valence-corrected chi connectivity index (χ4v) is 2.70. The molecule has 0 fully saturated rings. The lowest BCUT2D eigenvalue weighted by atomic mass is 10.1. The van der Waals surface area contributed by atoms with Gasteiger partial charge in [-0.25, -0.2) is 13.5 Å². The summed E-state index contributed by atoms with van der Waals surface area (Å²) in [7, 11) is 1.81. The van der Waals surface area contributed by atoms with Gasteiger partial charge in [-0.05, 0) is 37.4 Å². The summed E-state index contributed by atoms with van der Waals surface area (Å²) in [5.74, 6) is -1.18. The van der Waals surface area contributed by atoms with Crippen LogP contribution in [0.3, 0.4) is 0 Å². The van der Waals surface area contributed by atoms with Gasteiger partial charge in [0.15, 0.2) is 0 Å². The molecule has 1 aromatic heterocycles. The Hall–Kier alpha value is -2.57. The smallest absolute Gasteiger partial charge is 0.129 e. The molecular weight excluding hydrogens is 324 g/mol. The van der Waals surface area contributed by atoms with Crippen molar-refractivity contribution in [1.82, 2.24) is 14.7 Å². The van der Waals surface area contributed by atoms with E-state index in [1.807, 2.05) is 41.4 Å². The third-order valence-electron chi connectivity index (χ3n) is 3.91. The van der Waals surface area contributed by atoms with Crippen LogP contribution in [0.25, 0.3) is 5.69 Å². The van der Waals surface area contributed by atoms with Gasteiger partial charge in [0.25, 0.3) is 0 Å². The normalized spacial score (nSPS) is 12.5. The Morgan fingerprint density at radius 3 is 2.68 bits per heavy atom. The third kappa shape index (κ3) is 4.29. The maximum absolute atomic E-state index is 13.7. The van der Waals surface area contributed by atoms with Crippen molar-refractivity contribution in [2.24, 2.45) is 0 Å². The average molecular weight is 343 g/mol. The van der Waals surface area contributed by atoms with Crippen molar-refractivity contribution in [3.63, 3.8) is 0 Å². The lowest BCUT2D eigenvalue weighted by molar-refractivity contribution is 0.120. The van der Waals surface area contributed by atoms with Crippen LogP contribution in [0.4, 0.5) is 8.78 Å². The molecule has 6 heteroatoms. The predicted molar refractivity (Wildman–Crippen MR) is 91.2 cm³/mol. The maximum atomic E-state index is 13.7. The van der Waals surface area contributed by atoms with Gasteiger partial charge in [-0.3, -0.25) is 4.90 Å². The standard InChI is InChI=1S/C19H19F2N3O/c1-23(13-19(25)17-9-15(20)7-8-18(17)21)11-14-10-22-24(12-14)16-5-3-2-4-6-16/h2-10,12,19,25H,11,13H2,1H3. The number of rotatable bonds is 6. The molecule has 0 bridgehead atoms. The highest BCUT2D eigenvalue weighted by Gasteiger charge is 2.16. The molecule has 0 spiro atoms. The fourth-order valence-electron chi connectivity index (χ4n) is 2.70. The second-order valence-corrected chi connectivity index (χ2v) is 6.01. The lowest BCUT2D eigenvalue weighted by Crippen LogP contribution is -2.24. The van der Waals surface area contributed by atoms with Crippen LogP contribution in [0.2, 0.25) is 0 Å². The third-order valence-corrected chi connectivity index (χ3v) is 3.91. The Labute approximate surface area is 144 Å². The molecular formula is C19H19F2N3O. The lowest BCUT2D eigenvalue weighted by Gasteiger charge is -2.20. The Kier molecular flexibility index (Phi) is 5.21. The number of aliphatic hydroxyl groups excluding tert-OH is 1. The van der Waals surface area contributed by atoms with Crippen molar-refractivity contribution < 1.29 is 13.9 Å². The molecule has 0 radical (unpaired) electrons. The SMILES string of the molecule is CN(Cc1cnn(-c2ccccc2)c1)CC(O)c1cc(F)ccc1F. The number of hydrogen-bond acceptors (Lipinski definition) is 3. The topological polar surface area (TPSA) is 41.3 Å². The van der Waals surface area contributed by atoms with E-state index in [4.69, 9.17) is 0 Å². The number of benzene rings is 2. The van der Waals surface area contributed by atoms with Crippen LogP contribution in [0.1, 0.15) is 17.2 Å². The van der Waals surface area contributed by atoms with E-state index in [1.165, 1.54) is 0 Å². The first-order valence-corrected chi connectivity index (χ1v) is 7.93. The second kappa shape index (κ2) is 7.55. The van der Waals surface area contributed by atoms with E-state index in [1.54, 1.807) is 17.9 Å². The van der Waals surface area contributed by atoms with Gasteiger partial charge in [0.1, 0.15) is 11.6 Å². The number of aromatic nitrogens is 2. The monoisotopic (exact) mass is 343 g/mol. The summed E-state index contributed by atoms with van der Waals surface area (Å²) in [6, 6.07) is 12.8. The van der Waals surface area contributed by atoms with Gasteiger partial charge in [-0.15, -0.1) is 0 Å². The van der Waals surface area contributed by atoms with Crippen LogP contribution < -0.4 is 0 Å². The maximum Gasteiger partial charge on any atom is 0.129 e. The van der Waals surface area contributed by atoms with Gasteiger partial charge >= 0.3 is 0 Å². The molecule has 0 saturated carbocycles. The number of para-hydroxylation sites is 1. The molecule has 1 atom stereocenters. The molecule has 25 heavy (non-hydrogen) atoms. The first kappa shape index (κ1) is 17.3. The van der Waals surface area contributed by atoms with Crippen molar-refractivity contribution >= 4 is 0 Å². The van der Waals surface area contributed by atoms with E-state index in [0.29, 0.717) is 6.54 Å². The Balaban J connectivity index is 1.64. The van der Waals surface area contributed by atoms with Gasteiger partial charge in [0.05, 0.1) is 18.0 Å². The summed E-state index contributed by atoms with van der Waals surface area (Å²) in [4.78, 5) is 1.83. The average Bonchev–Trinajstić information content (AvgIpc) is 3.06. The van der Waals surface area contributed by atoms with E-state index in [2.05, 4.69) is 5.10 Å². The highest BCUT2D eigenvalue weighted by Crippen LogP contribution is 2.20.